The lowest BCUT2D eigenvalue weighted by atomic mass is 9.94. The monoisotopic (exact) mass is 431 g/mol. The Hall–Kier alpha value is -4.13. The summed E-state index contributed by atoms with van der Waals surface area (Å²) in [6.45, 7) is 2.07. The van der Waals surface area contributed by atoms with E-state index in [9.17, 15) is 14.4 Å². The zero-order valence-corrected chi connectivity index (χ0v) is 17.3. The molecule has 4 rings (SSSR count). The Kier molecular flexibility index (Phi) is 5.64. The highest BCUT2D eigenvalue weighted by Gasteiger charge is 2.30. The van der Waals surface area contributed by atoms with Crippen molar-refractivity contribution in [1.82, 2.24) is 0 Å². The van der Waals surface area contributed by atoms with E-state index in [1.165, 1.54) is 12.1 Å². The van der Waals surface area contributed by atoms with E-state index in [4.69, 9.17) is 20.3 Å². The van der Waals surface area contributed by atoms with Gasteiger partial charge in [0.1, 0.15) is 24.2 Å². The van der Waals surface area contributed by atoms with Crippen LogP contribution in [0.1, 0.15) is 60.3 Å². The highest BCUT2D eigenvalue weighted by molar-refractivity contribution is 6.00. The highest BCUT2D eigenvalue weighted by atomic mass is 16.5. The number of nitrogens with two attached hydrogens (primary N) is 1. The first kappa shape index (κ1) is 21.1. The normalized spacial score (nSPS) is 14.9. The molecule has 1 atom stereocenters. The molecule has 0 radical (unpaired) electrons. The summed E-state index contributed by atoms with van der Waals surface area (Å²) >= 11 is 0. The SMILES string of the molecule is Cc1c(OCc2ccc(C(=O)O)cc2)ccc2c1OC(c1ccc(C(N)=O)cc1)CC2=O. The topological polar surface area (TPSA) is 116 Å². The quantitative estimate of drug-likeness (QED) is 0.608. The maximum Gasteiger partial charge on any atom is 0.335 e. The molecule has 0 fully saturated rings. The molecule has 7 nitrogen and oxygen atoms in total. The van der Waals surface area contributed by atoms with Crippen LogP contribution < -0.4 is 15.2 Å². The van der Waals surface area contributed by atoms with Crippen molar-refractivity contribution in [3.63, 3.8) is 0 Å². The molecule has 0 saturated carbocycles. The molecule has 1 aliphatic rings. The molecule has 0 aromatic heterocycles. The summed E-state index contributed by atoms with van der Waals surface area (Å²) in [4.78, 5) is 35.0. The summed E-state index contributed by atoms with van der Waals surface area (Å²) in [5.74, 6) is -0.483. The van der Waals surface area contributed by atoms with E-state index in [2.05, 4.69) is 0 Å². The summed E-state index contributed by atoms with van der Waals surface area (Å²) < 4.78 is 12.1. The Morgan fingerprint density at radius 3 is 2.31 bits per heavy atom. The minimum absolute atomic E-state index is 0.0332. The smallest absolute Gasteiger partial charge is 0.335 e. The molecule has 0 aliphatic carbocycles. The summed E-state index contributed by atoms with van der Waals surface area (Å²) in [6.07, 6.45) is -0.284. The van der Waals surface area contributed by atoms with Crippen molar-refractivity contribution in [2.75, 3.05) is 0 Å². The number of aromatic carboxylic acids is 1. The average Bonchev–Trinajstić information content (AvgIpc) is 2.79. The second kappa shape index (κ2) is 8.55. The van der Waals surface area contributed by atoms with Gasteiger partial charge in [-0.15, -0.1) is 0 Å². The standard InChI is InChI=1S/C25H21NO6/c1-14-21(31-13-15-2-4-18(5-3-15)25(29)30)11-10-19-20(27)12-22(32-23(14)19)16-6-8-17(9-7-16)24(26)28/h2-11,22H,12-13H2,1H3,(H2,26,28)(H,29,30). The number of ether oxygens (including phenoxy) is 2. The molecule has 1 amide bonds. The number of carboxylic acids is 1. The van der Waals surface area contributed by atoms with E-state index in [0.29, 0.717) is 28.2 Å². The van der Waals surface area contributed by atoms with Gasteiger partial charge in [0.2, 0.25) is 5.91 Å². The second-order valence-corrected chi connectivity index (χ2v) is 7.58. The lowest BCUT2D eigenvalue weighted by molar-refractivity contribution is 0.0696. The van der Waals surface area contributed by atoms with Gasteiger partial charge >= 0.3 is 5.97 Å². The minimum Gasteiger partial charge on any atom is -0.488 e. The number of ketones is 1. The maximum absolute atomic E-state index is 12.7. The van der Waals surface area contributed by atoms with Gasteiger partial charge in [-0.2, -0.15) is 0 Å². The number of carboxylic acid groups (broad SMARTS) is 1. The van der Waals surface area contributed by atoms with Crippen LogP contribution in [-0.2, 0) is 6.61 Å². The van der Waals surface area contributed by atoms with Crippen LogP contribution in [0, 0.1) is 6.92 Å². The van der Waals surface area contributed by atoms with E-state index >= 15 is 0 Å². The first-order chi connectivity index (χ1) is 15.3. The van der Waals surface area contributed by atoms with Crippen molar-refractivity contribution >= 4 is 17.7 Å². The predicted molar refractivity (Wildman–Crippen MR) is 116 cm³/mol. The molecule has 1 heterocycles. The maximum atomic E-state index is 12.7. The molecule has 0 bridgehead atoms. The number of fused-ring (bicyclic) bond motifs is 1. The molecule has 3 N–H and O–H groups in total. The largest absolute Gasteiger partial charge is 0.488 e. The van der Waals surface area contributed by atoms with Crippen LogP contribution in [0.25, 0.3) is 0 Å². The van der Waals surface area contributed by atoms with Crippen LogP contribution in [0.4, 0.5) is 0 Å². The Morgan fingerprint density at radius 2 is 1.69 bits per heavy atom. The number of Topliss-reactive ketones (excluding diaryl/α,β-unsaturated/α-hetero) is 1. The second-order valence-electron chi connectivity index (χ2n) is 7.58. The zero-order chi connectivity index (χ0) is 22.8. The molecule has 7 heteroatoms. The van der Waals surface area contributed by atoms with Crippen LogP contribution in [-0.4, -0.2) is 22.8 Å². The van der Waals surface area contributed by atoms with Gasteiger partial charge in [0.15, 0.2) is 5.78 Å². The summed E-state index contributed by atoms with van der Waals surface area (Å²) in [5.41, 5.74) is 8.69. The Bertz CT molecular complexity index is 1200. The Morgan fingerprint density at radius 1 is 1.03 bits per heavy atom. The number of amides is 1. The van der Waals surface area contributed by atoms with Crippen molar-refractivity contribution in [3.05, 3.63) is 94.0 Å². The predicted octanol–water partition coefficient (Wildman–Crippen LogP) is 4.08. The van der Waals surface area contributed by atoms with E-state index in [1.54, 1.807) is 48.5 Å². The van der Waals surface area contributed by atoms with Crippen molar-refractivity contribution in [2.24, 2.45) is 5.73 Å². The van der Waals surface area contributed by atoms with Crippen molar-refractivity contribution in [1.29, 1.82) is 0 Å². The molecule has 162 valence electrons. The number of hydrogen-bond acceptors (Lipinski definition) is 5. The molecule has 0 spiro atoms. The third kappa shape index (κ3) is 4.18. The van der Waals surface area contributed by atoms with Gasteiger partial charge in [-0.05, 0) is 54.4 Å². The van der Waals surface area contributed by atoms with Gasteiger partial charge in [-0.25, -0.2) is 4.79 Å². The third-order valence-electron chi connectivity index (χ3n) is 5.45. The van der Waals surface area contributed by atoms with Gasteiger partial charge in [0, 0.05) is 11.1 Å². The van der Waals surface area contributed by atoms with Gasteiger partial charge in [0.05, 0.1) is 17.5 Å². The molecule has 3 aromatic rings. The summed E-state index contributed by atoms with van der Waals surface area (Å²) in [5, 5.41) is 9.00. The Balaban J connectivity index is 1.54. The minimum atomic E-state index is -0.983. The molecule has 0 saturated heterocycles. The lowest BCUT2D eigenvalue weighted by Gasteiger charge is -2.27. The van der Waals surface area contributed by atoms with Gasteiger partial charge in [0.25, 0.3) is 0 Å². The van der Waals surface area contributed by atoms with E-state index in [0.717, 1.165) is 11.1 Å². The summed E-state index contributed by atoms with van der Waals surface area (Å²) in [7, 11) is 0. The van der Waals surface area contributed by atoms with Gasteiger partial charge in [-0.1, -0.05) is 24.3 Å². The van der Waals surface area contributed by atoms with E-state index in [1.807, 2.05) is 6.92 Å². The van der Waals surface area contributed by atoms with E-state index < -0.39 is 18.0 Å². The summed E-state index contributed by atoms with van der Waals surface area (Å²) in [6, 6.07) is 16.6. The van der Waals surface area contributed by atoms with Crippen molar-refractivity contribution < 1.29 is 29.0 Å². The fraction of sp³-hybridized carbons (Fsp3) is 0.160. The van der Waals surface area contributed by atoms with E-state index in [-0.39, 0.29) is 24.4 Å². The lowest BCUT2D eigenvalue weighted by Crippen LogP contribution is -2.21. The Labute approximate surface area is 184 Å². The van der Waals surface area contributed by atoms with Crippen LogP contribution in [0.3, 0.4) is 0 Å². The number of carbonyl (C=O) groups excluding carboxylic acids is 2. The fourth-order valence-electron chi connectivity index (χ4n) is 3.62. The number of primary amides is 1. The molecular formula is C25H21NO6. The molecular weight excluding hydrogens is 410 g/mol. The molecule has 1 aliphatic heterocycles. The zero-order valence-electron chi connectivity index (χ0n) is 17.3. The average molecular weight is 431 g/mol. The fourth-order valence-corrected chi connectivity index (χ4v) is 3.62. The van der Waals surface area contributed by atoms with Crippen LogP contribution in [0.2, 0.25) is 0 Å². The molecule has 3 aromatic carbocycles. The highest BCUT2D eigenvalue weighted by Crippen LogP contribution is 2.40. The first-order valence-electron chi connectivity index (χ1n) is 10.0. The van der Waals surface area contributed by atoms with Crippen LogP contribution >= 0.6 is 0 Å². The third-order valence-corrected chi connectivity index (χ3v) is 5.45. The van der Waals surface area contributed by atoms with Crippen LogP contribution in [0.5, 0.6) is 11.5 Å². The van der Waals surface area contributed by atoms with Gasteiger partial charge in [-0.3, -0.25) is 9.59 Å². The first-order valence-corrected chi connectivity index (χ1v) is 10.0. The van der Waals surface area contributed by atoms with Crippen molar-refractivity contribution in [2.45, 2.75) is 26.1 Å². The van der Waals surface area contributed by atoms with Crippen molar-refractivity contribution in [3.8, 4) is 11.5 Å². The molecule has 1 unspecified atom stereocenters. The van der Waals surface area contributed by atoms with Crippen LogP contribution in [0.15, 0.2) is 60.7 Å². The number of rotatable bonds is 6. The molecule has 32 heavy (non-hydrogen) atoms. The number of benzene rings is 3. The van der Waals surface area contributed by atoms with Gasteiger partial charge < -0.3 is 20.3 Å². The number of carbonyl (C=O) groups is 3. The number of hydrogen-bond donors (Lipinski definition) is 2.